The van der Waals surface area contributed by atoms with E-state index in [1.807, 2.05) is 44.2 Å². The highest BCUT2D eigenvalue weighted by Crippen LogP contribution is 2.46. The van der Waals surface area contributed by atoms with Crippen LogP contribution in [0.5, 0.6) is 5.75 Å². The Bertz CT molecular complexity index is 1170. The maximum Gasteiger partial charge on any atom is 0.258 e. The smallest absolute Gasteiger partial charge is 0.258 e. The van der Waals surface area contributed by atoms with Crippen molar-refractivity contribution in [3.05, 3.63) is 64.9 Å². The summed E-state index contributed by atoms with van der Waals surface area (Å²) in [6.45, 7) is 5.89. The summed E-state index contributed by atoms with van der Waals surface area (Å²) < 4.78 is 11.9. The van der Waals surface area contributed by atoms with Crippen LogP contribution in [0.15, 0.2) is 46.9 Å². The molecule has 160 valence electrons. The van der Waals surface area contributed by atoms with Crippen LogP contribution in [-0.4, -0.2) is 37.4 Å². The molecule has 1 aromatic heterocycles. The lowest BCUT2D eigenvalue weighted by Gasteiger charge is -2.30. The molecule has 6 nitrogen and oxygen atoms in total. The first kappa shape index (κ1) is 19.8. The quantitative estimate of drug-likeness (QED) is 0.677. The number of ketones is 1. The molecule has 2 N–H and O–H groups in total. The van der Waals surface area contributed by atoms with Gasteiger partial charge in [0.2, 0.25) is 0 Å². The number of rotatable bonds is 4. The predicted octanol–water partition coefficient (Wildman–Crippen LogP) is 3.55. The molecule has 1 fully saturated rings. The number of fused-ring (bicyclic) bond motifs is 4. The number of para-hydroxylation sites is 1. The Morgan fingerprint density at radius 3 is 2.77 bits per heavy atom. The summed E-state index contributed by atoms with van der Waals surface area (Å²) in [4.78, 5) is 25.6. The average molecular weight is 418 g/mol. The molecule has 3 aromatic rings. The normalized spacial score (nSPS) is 17.8. The molecule has 0 atom stereocenters. The zero-order valence-corrected chi connectivity index (χ0v) is 17.8. The Morgan fingerprint density at radius 2 is 1.97 bits per heavy atom. The van der Waals surface area contributed by atoms with Gasteiger partial charge in [0, 0.05) is 22.4 Å². The number of piperidine rings is 1. The summed E-state index contributed by atoms with van der Waals surface area (Å²) in [7, 11) is 0. The fourth-order valence-electron chi connectivity index (χ4n) is 4.68. The van der Waals surface area contributed by atoms with Gasteiger partial charge in [0.05, 0.1) is 5.56 Å². The minimum absolute atomic E-state index is 0.0375. The van der Waals surface area contributed by atoms with Crippen molar-refractivity contribution in [1.29, 1.82) is 0 Å². The molecule has 31 heavy (non-hydrogen) atoms. The third-order valence-corrected chi connectivity index (χ3v) is 6.37. The summed E-state index contributed by atoms with van der Waals surface area (Å²) in [5.74, 6) is 1.08. The number of amides is 1. The molecule has 2 aromatic carbocycles. The second-order valence-electron chi connectivity index (χ2n) is 8.84. The number of hydrogen-bond donors (Lipinski definition) is 2. The van der Waals surface area contributed by atoms with E-state index in [2.05, 4.69) is 10.6 Å². The minimum Gasteiger partial charge on any atom is -0.484 e. The van der Waals surface area contributed by atoms with E-state index in [1.54, 1.807) is 12.1 Å². The molecule has 0 saturated carbocycles. The van der Waals surface area contributed by atoms with Crippen LogP contribution in [0.2, 0.25) is 0 Å². The van der Waals surface area contributed by atoms with Gasteiger partial charge in [-0.1, -0.05) is 18.2 Å². The number of ether oxygens (including phenoxy) is 1. The summed E-state index contributed by atoms with van der Waals surface area (Å²) >= 11 is 0. The first-order valence-corrected chi connectivity index (χ1v) is 10.8. The Kier molecular flexibility index (Phi) is 4.82. The van der Waals surface area contributed by atoms with Crippen LogP contribution >= 0.6 is 0 Å². The average Bonchev–Trinajstić information content (AvgIpc) is 3.18. The molecule has 0 unspecified atom stereocenters. The molecule has 0 radical (unpaired) electrons. The molecular formula is C25H26N2O4. The summed E-state index contributed by atoms with van der Waals surface area (Å²) in [5, 5.41) is 7.16. The first-order chi connectivity index (χ1) is 14.9. The Hall–Kier alpha value is -3.12. The van der Waals surface area contributed by atoms with Gasteiger partial charge >= 0.3 is 0 Å². The maximum atomic E-state index is 13.3. The molecule has 5 rings (SSSR count). The van der Waals surface area contributed by atoms with E-state index in [0.29, 0.717) is 28.2 Å². The van der Waals surface area contributed by atoms with Gasteiger partial charge in [-0.05, 0) is 69.6 Å². The fourth-order valence-corrected chi connectivity index (χ4v) is 4.68. The monoisotopic (exact) mass is 418 g/mol. The highest BCUT2D eigenvalue weighted by molar-refractivity contribution is 6.19. The Morgan fingerprint density at radius 1 is 1.19 bits per heavy atom. The van der Waals surface area contributed by atoms with Crippen molar-refractivity contribution >= 4 is 22.7 Å². The van der Waals surface area contributed by atoms with Gasteiger partial charge in [-0.2, -0.15) is 0 Å². The van der Waals surface area contributed by atoms with E-state index >= 15 is 0 Å². The van der Waals surface area contributed by atoms with Gasteiger partial charge in [-0.15, -0.1) is 0 Å². The molecule has 2 heterocycles. The number of hydrogen-bond acceptors (Lipinski definition) is 5. The third-order valence-electron chi connectivity index (χ3n) is 6.37. The Balaban J connectivity index is 1.39. The van der Waals surface area contributed by atoms with Gasteiger partial charge < -0.3 is 19.8 Å². The number of benzene rings is 2. The minimum atomic E-state index is -0.506. The van der Waals surface area contributed by atoms with Crippen molar-refractivity contribution in [2.24, 2.45) is 0 Å². The van der Waals surface area contributed by atoms with Crippen LogP contribution in [0.3, 0.4) is 0 Å². The molecule has 1 aliphatic heterocycles. The molecule has 6 heteroatoms. The van der Waals surface area contributed by atoms with Gasteiger partial charge in [-0.25, -0.2) is 0 Å². The van der Waals surface area contributed by atoms with Crippen LogP contribution in [0.1, 0.15) is 53.9 Å². The number of furan rings is 1. The predicted molar refractivity (Wildman–Crippen MR) is 118 cm³/mol. The van der Waals surface area contributed by atoms with Crippen LogP contribution < -0.4 is 15.4 Å². The fraction of sp³-hybridized carbons (Fsp3) is 0.360. The number of carbonyl (C=O) groups is 2. The van der Waals surface area contributed by atoms with Crippen molar-refractivity contribution in [3.63, 3.8) is 0 Å². The number of carbonyl (C=O) groups excluding carboxylic acids is 2. The zero-order chi connectivity index (χ0) is 21.6. The number of nitrogens with one attached hydrogen (secondary N) is 2. The van der Waals surface area contributed by atoms with Gasteiger partial charge in [-0.3, -0.25) is 9.59 Å². The van der Waals surface area contributed by atoms with Crippen LogP contribution in [0.4, 0.5) is 0 Å². The van der Waals surface area contributed by atoms with Crippen LogP contribution in [-0.2, 0) is 10.2 Å². The van der Waals surface area contributed by atoms with E-state index in [0.717, 1.165) is 36.9 Å². The highest BCUT2D eigenvalue weighted by Gasteiger charge is 2.41. The lowest BCUT2D eigenvalue weighted by Crippen LogP contribution is -2.44. The van der Waals surface area contributed by atoms with Gasteiger partial charge in [0.15, 0.2) is 12.4 Å². The van der Waals surface area contributed by atoms with E-state index in [4.69, 9.17) is 9.15 Å². The van der Waals surface area contributed by atoms with Crippen LogP contribution in [0, 0.1) is 0 Å². The Labute approximate surface area is 181 Å². The summed E-state index contributed by atoms with van der Waals surface area (Å²) in [6, 6.07) is 13.3. The largest absolute Gasteiger partial charge is 0.484 e. The second-order valence-corrected chi connectivity index (χ2v) is 8.84. The highest BCUT2D eigenvalue weighted by atomic mass is 16.5. The van der Waals surface area contributed by atoms with Crippen molar-refractivity contribution in [3.8, 4) is 5.75 Å². The molecular weight excluding hydrogens is 392 g/mol. The van der Waals surface area contributed by atoms with E-state index in [-0.39, 0.29) is 24.3 Å². The molecule has 2 aliphatic rings. The van der Waals surface area contributed by atoms with Crippen molar-refractivity contribution in [2.75, 3.05) is 19.7 Å². The van der Waals surface area contributed by atoms with Gasteiger partial charge in [0.25, 0.3) is 5.91 Å². The lowest BCUT2D eigenvalue weighted by atomic mass is 9.72. The molecule has 1 aliphatic carbocycles. The lowest BCUT2D eigenvalue weighted by molar-refractivity contribution is -0.124. The van der Waals surface area contributed by atoms with Crippen LogP contribution in [0.25, 0.3) is 11.0 Å². The van der Waals surface area contributed by atoms with E-state index in [1.165, 1.54) is 0 Å². The van der Waals surface area contributed by atoms with Gasteiger partial charge in [0.1, 0.15) is 17.1 Å². The van der Waals surface area contributed by atoms with Crippen molar-refractivity contribution in [1.82, 2.24) is 10.6 Å². The molecule has 1 saturated heterocycles. The second kappa shape index (κ2) is 7.54. The zero-order valence-electron chi connectivity index (χ0n) is 17.8. The van der Waals surface area contributed by atoms with Crippen molar-refractivity contribution < 1.29 is 18.7 Å². The summed E-state index contributed by atoms with van der Waals surface area (Å²) in [6.07, 6.45) is 1.86. The standard InChI is InChI=1S/C25H26N2O4/c1-25(2)19-13-16(30-14-21(28)27-15-9-11-26-12-10-15)7-8-17(19)23(29)22-18-5-3-4-6-20(18)31-24(22)25/h3-8,13,15,26H,9-12,14H2,1-2H3,(H,27,28). The van der Waals surface area contributed by atoms with E-state index in [9.17, 15) is 9.59 Å². The molecule has 0 bridgehead atoms. The molecule has 1 amide bonds. The SMILES string of the molecule is CC1(C)c2cc(OCC(=O)NC3CCNCC3)ccc2C(=O)c2c1oc1ccccc21. The third kappa shape index (κ3) is 3.41. The van der Waals surface area contributed by atoms with E-state index < -0.39 is 5.41 Å². The van der Waals surface area contributed by atoms with Crippen molar-refractivity contribution in [2.45, 2.75) is 38.1 Å². The first-order valence-electron chi connectivity index (χ1n) is 10.8. The maximum absolute atomic E-state index is 13.3. The summed E-state index contributed by atoms with van der Waals surface area (Å²) in [5.41, 5.74) is 2.35. The topological polar surface area (TPSA) is 80.6 Å². The molecule has 0 spiro atoms.